The molecule has 152 valence electrons. The lowest BCUT2D eigenvalue weighted by Gasteiger charge is -2.36. The fraction of sp³-hybridized carbons (Fsp3) is 0.261. The summed E-state index contributed by atoms with van der Waals surface area (Å²) in [5.74, 6) is 2.65. The van der Waals surface area contributed by atoms with Gasteiger partial charge in [-0.3, -0.25) is 4.90 Å². The normalized spacial score (nSPS) is 15.7. The van der Waals surface area contributed by atoms with Crippen LogP contribution in [0.1, 0.15) is 18.4 Å². The van der Waals surface area contributed by atoms with Gasteiger partial charge in [0.05, 0.1) is 19.3 Å². The zero-order valence-corrected chi connectivity index (χ0v) is 16.8. The molecule has 1 aliphatic heterocycles. The molecule has 0 radical (unpaired) electrons. The summed E-state index contributed by atoms with van der Waals surface area (Å²) in [7, 11) is 1.63. The number of amides is 2. The van der Waals surface area contributed by atoms with E-state index in [2.05, 4.69) is 10.3 Å². The highest BCUT2D eigenvalue weighted by Crippen LogP contribution is 2.36. The van der Waals surface area contributed by atoms with Crippen LogP contribution in [0.5, 0.6) is 5.75 Å². The number of nitrogens with zero attached hydrogens (tertiary/aromatic N) is 4. The van der Waals surface area contributed by atoms with Crippen molar-refractivity contribution < 1.29 is 9.53 Å². The highest BCUT2D eigenvalue weighted by Gasteiger charge is 2.34. The molecule has 7 heteroatoms. The van der Waals surface area contributed by atoms with Gasteiger partial charge >= 0.3 is 6.03 Å². The van der Waals surface area contributed by atoms with Crippen LogP contribution in [0.2, 0.25) is 0 Å². The maximum Gasteiger partial charge on any atom is 0.335 e. The smallest absolute Gasteiger partial charge is 0.335 e. The average molecular weight is 401 g/mol. The Balaban J connectivity index is 1.53. The molecular formula is C23H23N5O2. The zero-order valence-electron chi connectivity index (χ0n) is 16.8. The van der Waals surface area contributed by atoms with Gasteiger partial charge in [-0.2, -0.15) is 4.98 Å². The van der Waals surface area contributed by atoms with E-state index >= 15 is 0 Å². The van der Waals surface area contributed by atoms with Gasteiger partial charge in [0.1, 0.15) is 5.75 Å². The summed E-state index contributed by atoms with van der Waals surface area (Å²) < 4.78 is 5.25. The molecule has 0 unspecified atom stereocenters. The maximum absolute atomic E-state index is 13.6. The van der Waals surface area contributed by atoms with Gasteiger partial charge in [-0.15, -0.1) is 0 Å². The van der Waals surface area contributed by atoms with E-state index in [1.54, 1.807) is 16.9 Å². The van der Waals surface area contributed by atoms with E-state index in [9.17, 15) is 4.79 Å². The predicted molar refractivity (Wildman–Crippen MR) is 116 cm³/mol. The maximum atomic E-state index is 13.6. The van der Waals surface area contributed by atoms with Gasteiger partial charge in [-0.25, -0.2) is 14.7 Å². The third-order valence-corrected chi connectivity index (χ3v) is 5.45. The molecule has 7 nitrogen and oxygen atoms in total. The molecule has 5 rings (SSSR count). The summed E-state index contributed by atoms with van der Waals surface area (Å²) in [5, 5.41) is 3.31. The van der Waals surface area contributed by atoms with Gasteiger partial charge in [0, 0.05) is 24.0 Å². The van der Waals surface area contributed by atoms with E-state index in [1.165, 1.54) is 12.8 Å². The first-order valence-electron chi connectivity index (χ1n) is 10.1. The number of para-hydroxylation sites is 1. The Morgan fingerprint density at radius 3 is 2.53 bits per heavy atom. The minimum absolute atomic E-state index is 0.147. The molecule has 2 aromatic carbocycles. The molecule has 3 aromatic rings. The lowest BCUT2D eigenvalue weighted by atomic mass is 10.1. The minimum atomic E-state index is -0.147. The lowest BCUT2D eigenvalue weighted by molar-refractivity contribution is 0.252. The van der Waals surface area contributed by atoms with E-state index in [4.69, 9.17) is 9.72 Å². The average Bonchev–Trinajstić information content (AvgIpc) is 3.62. The highest BCUT2D eigenvalue weighted by atomic mass is 16.5. The Labute approximate surface area is 175 Å². The summed E-state index contributed by atoms with van der Waals surface area (Å²) in [5.41, 5.74) is 2.46. The van der Waals surface area contributed by atoms with Gasteiger partial charge in [-0.05, 0) is 55.2 Å². The Hall–Kier alpha value is -3.61. The molecule has 0 saturated heterocycles. The van der Waals surface area contributed by atoms with Crippen molar-refractivity contribution in [1.29, 1.82) is 0 Å². The summed E-state index contributed by atoms with van der Waals surface area (Å²) in [4.78, 5) is 26.2. The Kier molecular flexibility index (Phi) is 4.71. The molecule has 1 fully saturated rings. The number of nitrogens with one attached hydrogen (secondary N) is 1. The second-order valence-electron chi connectivity index (χ2n) is 7.60. The van der Waals surface area contributed by atoms with Gasteiger partial charge in [0.25, 0.3) is 0 Å². The van der Waals surface area contributed by atoms with E-state index in [0.29, 0.717) is 24.2 Å². The highest BCUT2D eigenvalue weighted by molar-refractivity contribution is 6.10. The minimum Gasteiger partial charge on any atom is -0.497 e. The number of urea groups is 1. The van der Waals surface area contributed by atoms with Crippen LogP contribution >= 0.6 is 0 Å². The Bertz CT molecular complexity index is 1050. The number of ether oxygens (including phenoxy) is 1. The number of aromatic nitrogens is 2. The molecule has 0 bridgehead atoms. The van der Waals surface area contributed by atoms with Crippen LogP contribution in [-0.4, -0.2) is 29.7 Å². The van der Waals surface area contributed by atoms with Gasteiger partial charge in [0.15, 0.2) is 5.82 Å². The fourth-order valence-corrected chi connectivity index (χ4v) is 3.57. The number of rotatable bonds is 6. The first-order chi connectivity index (χ1) is 14.7. The number of hydrogen-bond donors (Lipinski definition) is 1. The fourth-order valence-electron chi connectivity index (χ4n) is 3.57. The molecule has 30 heavy (non-hydrogen) atoms. The monoisotopic (exact) mass is 401 g/mol. The standard InChI is InChI=1S/C23H23N5O2/c1-30-20-11-9-18(10-12-20)27-15-17-14-25-22(24-13-16-7-8-16)26-21(17)28(23(27)29)19-5-3-2-4-6-19/h2-6,9-12,14,16H,7-8,13,15H2,1H3,(H,24,25,26). The predicted octanol–water partition coefficient (Wildman–Crippen LogP) is 4.59. The van der Waals surface area contributed by atoms with Gasteiger partial charge in [0.2, 0.25) is 5.95 Å². The lowest BCUT2D eigenvalue weighted by Crippen LogP contribution is -2.45. The topological polar surface area (TPSA) is 70.6 Å². The first-order valence-corrected chi connectivity index (χ1v) is 10.1. The zero-order chi connectivity index (χ0) is 20.5. The van der Waals surface area contributed by atoms with Crippen molar-refractivity contribution in [1.82, 2.24) is 9.97 Å². The van der Waals surface area contributed by atoms with E-state index in [0.717, 1.165) is 29.2 Å². The van der Waals surface area contributed by atoms with Crippen LogP contribution in [0.3, 0.4) is 0 Å². The van der Waals surface area contributed by atoms with Crippen molar-refractivity contribution in [3.63, 3.8) is 0 Å². The van der Waals surface area contributed by atoms with Gasteiger partial charge in [-0.1, -0.05) is 18.2 Å². The number of carbonyl (C=O) groups excluding carboxylic acids is 1. The number of anilines is 4. The van der Waals surface area contributed by atoms with Crippen molar-refractivity contribution >= 4 is 29.2 Å². The molecular weight excluding hydrogens is 378 g/mol. The Morgan fingerprint density at radius 1 is 1.07 bits per heavy atom. The third-order valence-electron chi connectivity index (χ3n) is 5.45. The van der Waals surface area contributed by atoms with Crippen LogP contribution in [0.4, 0.5) is 27.9 Å². The summed E-state index contributed by atoms with van der Waals surface area (Å²) >= 11 is 0. The van der Waals surface area contributed by atoms with E-state index < -0.39 is 0 Å². The summed E-state index contributed by atoms with van der Waals surface area (Å²) in [6.07, 6.45) is 4.32. The van der Waals surface area contributed by atoms with Crippen LogP contribution in [0.15, 0.2) is 60.8 Å². The second-order valence-corrected chi connectivity index (χ2v) is 7.60. The molecule has 1 saturated carbocycles. The molecule has 1 aromatic heterocycles. The Morgan fingerprint density at radius 2 is 1.83 bits per heavy atom. The number of methoxy groups -OCH3 is 1. The molecule has 1 N–H and O–H groups in total. The van der Waals surface area contributed by atoms with E-state index in [1.807, 2.05) is 60.8 Å². The van der Waals surface area contributed by atoms with Crippen LogP contribution in [-0.2, 0) is 6.54 Å². The third kappa shape index (κ3) is 3.54. The molecule has 2 aliphatic rings. The second kappa shape index (κ2) is 7.67. The SMILES string of the molecule is COc1ccc(N2Cc3cnc(NCC4CC4)nc3N(c3ccccc3)C2=O)cc1. The van der Waals surface area contributed by atoms with Crippen LogP contribution in [0, 0.1) is 5.92 Å². The summed E-state index contributed by atoms with van der Waals surface area (Å²) in [6, 6.07) is 16.9. The van der Waals surface area contributed by atoms with Crippen LogP contribution in [0.25, 0.3) is 0 Å². The van der Waals surface area contributed by atoms with Crippen molar-refractivity contribution in [2.45, 2.75) is 19.4 Å². The number of benzene rings is 2. The number of hydrogen-bond acceptors (Lipinski definition) is 5. The molecule has 0 spiro atoms. The molecule has 0 atom stereocenters. The number of fused-ring (bicyclic) bond motifs is 1. The summed E-state index contributed by atoms with van der Waals surface area (Å²) in [6.45, 7) is 1.28. The van der Waals surface area contributed by atoms with Crippen molar-refractivity contribution in [2.75, 3.05) is 28.8 Å². The van der Waals surface area contributed by atoms with Crippen molar-refractivity contribution in [3.05, 3.63) is 66.4 Å². The quantitative estimate of drug-likeness (QED) is 0.654. The first kappa shape index (κ1) is 18.4. The van der Waals surface area contributed by atoms with Gasteiger partial charge < -0.3 is 10.1 Å². The molecule has 1 aliphatic carbocycles. The van der Waals surface area contributed by atoms with Crippen molar-refractivity contribution in [2.24, 2.45) is 5.92 Å². The largest absolute Gasteiger partial charge is 0.497 e. The number of carbonyl (C=O) groups is 1. The molecule has 2 heterocycles. The molecule has 2 amide bonds. The van der Waals surface area contributed by atoms with Crippen LogP contribution < -0.4 is 19.9 Å². The van der Waals surface area contributed by atoms with Crippen molar-refractivity contribution in [3.8, 4) is 5.75 Å². The van der Waals surface area contributed by atoms with E-state index in [-0.39, 0.29) is 6.03 Å².